The summed E-state index contributed by atoms with van der Waals surface area (Å²) in [4.78, 5) is 0. The minimum absolute atomic E-state index is 0.296. The molecule has 0 aliphatic carbocycles. The summed E-state index contributed by atoms with van der Waals surface area (Å²) in [6, 6.07) is 41.6. The summed E-state index contributed by atoms with van der Waals surface area (Å²) in [6.45, 7) is 0. The van der Waals surface area contributed by atoms with Crippen molar-refractivity contribution < 1.29 is 5.11 Å². The Morgan fingerprint density at radius 1 is 0.500 bits per heavy atom. The van der Waals surface area contributed by atoms with Gasteiger partial charge in [0.25, 0.3) is 0 Å². The molecule has 0 saturated carbocycles. The zero-order chi connectivity index (χ0) is 19.6. The molecule has 4 aromatic carbocycles. The van der Waals surface area contributed by atoms with E-state index >= 15 is 0 Å². The Labute approximate surface area is 176 Å². The first kappa shape index (κ1) is 20.1. The topological polar surface area (TPSA) is 23.1 Å². The molecule has 0 fully saturated rings. The minimum atomic E-state index is -1.63. The van der Waals surface area contributed by atoms with Gasteiger partial charge in [-0.25, -0.2) is 0 Å². The second kappa shape index (κ2) is 10.6. The van der Waals surface area contributed by atoms with Crippen LogP contribution in [0.4, 0.5) is 0 Å². The van der Waals surface area contributed by atoms with Crippen LogP contribution in [-0.4, -0.2) is 19.4 Å². The van der Waals surface area contributed by atoms with Crippen LogP contribution < -0.4 is 18.3 Å². The van der Waals surface area contributed by atoms with E-state index in [0.29, 0.717) is 5.56 Å². The Kier molecular flexibility index (Phi) is 7.59. The number of thiocarbonyl (C=S) groups is 1. The number of rotatable bonds is 4. The van der Waals surface area contributed by atoms with E-state index in [4.69, 9.17) is 0 Å². The molecule has 28 heavy (non-hydrogen) atoms. The fourth-order valence-electron chi connectivity index (χ4n) is 2.89. The second-order valence-corrected chi connectivity index (χ2v) is 11.7. The van der Waals surface area contributed by atoms with Crippen LogP contribution in [0.15, 0.2) is 121 Å². The molecule has 0 atom stereocenters. The fraction of sp³-hybridized carbons (Fsp3) is 0. The maximum absolute atomic E-state index is 10.5. The number of hydrogen-bond acceptors (Lipinski definition) is 2. The molecule has 0 saturated heterocycles. The van der Waals surface area contributed by atoms with Crippen LogP contribution in [-0.2, 0) is 0 Å². The van der Waals surface area contributed by atoms with Crippen molar-refractivity contribution in [2.45, 2.75) is 0 Å². The second-order valence-electron chi connectivity index (χ2n) is 6.13. The number of hydrogen-bond donors (Lipinski definition) is 0. The third-order valence-corrected chi connectivity index (χ3v) is 10.2. The van der Waals surface area contributed by atoms with E-state index < -0.39 is 14.3 Å². The van der Waals surface area contributed by atoms with E-state index in [1.807, 2.05) is 6.07 Å². The molecule has 0 spiro atoms. The predicted octanol–water partition coefficient (Wildman–Crippen LogP) is 2.93. The van der Waals surface area contributed by atoms with Gasteiger partial charge >= 0.3 is 119 Å². The Morgan fingerprint density at radius 2 is 0.786 bits per heavy atom. The molecule has 136 valence electrons. The van der Waals surface area contributed by atoms with E-state index in [0.717, 1.165) is 0 Å². The van der Waals surface area contributed by atoms with Crippen molar-refractivity contribution in [3.05, 3.63) is 127 Å². The third kappa shape index (κ3) is 5.65. The Bertz CT molecular complexity index is 880. The summed E-state index contributed by atoms with van der Waals surface area (Å²) in [5.74, 6) is 0. The van der Waals surface area contributed by atoms with Gasteiger partial charge in [-0.3, -0.25) is 0 Å². The predicted molar refractivity (Wildman–Crippen MR) is 122 cm³/mol. The average molecular weight is 441 g/mol. The van der Waals surface area contributed by atoms with Crippen molar-refractivity contribution in [3.8, 4) is 0 Å². The molecule has 0 bridgehead atoms. The van der Waals surface area contributed by atoms with Gasteiger partial charge in [-0.15, -0.1) is 0 Å². The van der Waals surface area contributed by atoms with Gasteiger partial charge in [0.15, 0.2) is 0 Å². The van der Waals surface area contributed by atoms with Gasteiger partial charge in [-0.1, -0.05) is 42.5 Å². The molecule has 0 heterocycles. The molecular weight excluding hydrogens is 421 g/mol. The summed E-state index contributed by atoms with van der Waals surface area (Å²) < 4.78 is 4.50. The molecule has 0 aliphatic heterocycles. The van der Waals surface area contributed by atoms with Crippen LogP contribution in [0, 0.1) is 0 Å². The van der Waals surface area contributed by atoms with Crippen LogP contribution in [0.1, 0.15) is 5.56 Å². The molecule has 3 heteroatoms. The van der Waals surface area contributed by atoms with E-state index in [9.17, 15) is 5.11 Å². The van der Waals surface area contributed by atoms with Gasteiger partial charge in [0, 0.05) is 0 Å². The first-order valence-electron chi connectivity index (χ1n) is 9.05. The van der Waals surface area contributed by atoms with Crippen molar-refractivity contribution in [2.24, 2.45) is 0 Å². The molecule has 4 rings (SSSR count). The monoisotopic (exact) mass is 442 g/mol. The zero-order valence-electron chi connectivity index (χ0n) is 15.4. The van der Waals surface area contributed by atoms with Crippen molar-refractivity contribution >= 4 is 44.8 Å². The van der Waals surface area contributed by atoms with Crippen LogP contribution in [0.2, 0.25) is 0 Å². The summed E-state index contributed by atoms with van der Waals surface area (Å²) >= 11 is 2.77. The Balaban J connectivity index is 0.000000211. The normalized spacial score (nSPS) is 9.71. The average Bonchev–Trinajstić information content (AvgIpc) is 2.77. The molecule has 1 nitrogen and oxygen atoms in total. The van der Waals surface area contributed by atoms with Gasteiger partial charge in [0.1, 0.15) is 0 Å². The van der Waals surface area contributed by atoms with Crippen LogP contribution in [0.25, 0.3) is 0 Å². The standard InChI is InChI=1S/C18H15Ge.C7H6OS/c1-4-10-16(11-5-1)19(17-12-6-2-7-13-17)18-14-8-3-9-15-18;8-7(9)6-4-2-1-3-5-6/h1-15H;1-5H,(H,8,9)/q+1;/p-1. The molecule has 0 aromatic heterocycles. The van der Waals surface area contributed by atoms with E-state index in [-0.39, 0.29) is 5.05 Å². The molecule has 0 amide bonds. The van der Waals surface area contributed by atoms with Gasteiger partial charge in [0.05, 0.1) is 0 Å². The van der Waals surface area contributed by atoms with E-state index in [1.54, 1.807) is 24.3 Å². The van der Waals surface area contributed by atoms with Gasteiger partial charge in [-0.2, -0.15) is 0 Å². The SMILES string of the molecule is [O-]C(=S)c1ccccc1.c1cc[c]([Ge+]([c]2ccccc2)[c]2ccccc2)cc1. The summed E-state index contributed by atoms with van der Waals surface area (Å²) in [6.07, 6.45) is 0. The number of benzene rings is 4. The van der Waals surface area contributed by atoms with Crippen molar-refractivity contribution in [2.75, 3.05) is 0 Å². The molecule has 4 aromatic rings. The Morgan fingerprint density at radius 3 is 1.04 bits per heavy atom. The first-order chi connectivity index (χ1) is 13.8. The van der Waals surface area contributed by atoms with Crippen molar-refractivity contribution in [1.29, 1.82) is 0 Å². The van der Waals surface area contributed by atoms with Crippen LogP contribution in [0.3, 0.4) is 0 Å². The van der Waals surface area contributed by atoms with E-state index in [1.165, 1.54) is 13.2 Å². The molecule has 0 radical (unpaired) electrons. The maximum atomic E-state index is 10.5. The molecule has 0 N–H and O–H groups in total. The molecule has 0 aliphatic rings. The Hall–Kier alpha value is -2.69. The van der Waals surface area contributed by atoms with Crippen LogP contribution in [0.5, 0.6) is 0 Å². The third-order valence-electron chi connectivity index (χ3n) is 4.20. The summed E-state index contributed by atoms with van der Waals surface area (Å²) in [5, 5.41) is 10.2. The molecular formula is C25H20GeOS. The quantitative estimate of drug-likeness (QED) is 0.359. The van der Waals surface area contributed by atoms with Crippen LogP contribution >= 0.6 is 12.2 Å². The molecule has 0 unspecified atom stereocenters. The van der Waals surface area contributed by atoms with Crippen molar-refractivity contribution in [1.82, 2.24) is 0 Å². The van der Waals surface area contributed by atoms with Gasteiger partial charge in [-0.05, 0) is 10.6 Å². The van der Waals surface area contributed by atoms with E-state index in [2.05, 4.69) is 103 Å². The zero-order valence-corrected chi connectivity index (χ0v) is 18.3. The first-order valence-corrected chi connectivity index (χ1v) is 12.6. The van der Waals surface area contributed by atoms with Gasteiger partial charge in [0.2, 0.25) is 0 Å². The summed E-state index contributed by atoms with van der Waals surface area (Å²) in [5.41, 5.74) is 0.590. The van der Waals surface area contributed by atoms with Gasteiger partial charge < -0.3 is 5.11 Å². The fourth-order valence-corrected chi connectivity index (χ4v) is 8.43. The van der Waals surface area contributed by atoms with Crippen molar-refractivity contribution in [3.63, 3.8) is 0 Å². The summed E-state index contributed by atoms with van der Waals surface area (Å²) in [7, 11) is 0.